The molecule has 0 saturated carbocycles. The van der Waals surface area contributed by atoms with Crippen molar-refractivity contribution in [2.24, 2.45) is 5.92 Å². The quantitative estimate of drug-likeness (QED) is 0.709. The maximum atomic E-state index is 13.2. The highest BCUT2D eigenvalue weighted by molar-refractivity contribution is 5.88. The van der Waals surface area contributed by atoms with Gasteiger partial charge in [0.2, 0.25) is 11.8 Å². The molecule has 0 aromatic heterocycles. The molecule has 0 bridgehead atoms. The molecule has 3 rings (SSSR count). The monoisotopic (exact) mass is 423 g/mol. The van der Waals surface area contributed by atoms with Crippen molar-refractivity contribution >= 4 is 17.5 Å². The van der Waals surface area contributed by atoms with E-state index in [0.717, 1.165) is 30.1 Å². The van der Waals surface area contributed by atoms with Crippen LogP contribution in [0.2, 0.25) is 0 Å². The summed E-state index contributed by atoms with van der Waals surface area (Å²) < 4.78 is 5.76. The maximum Gasteiger partial charge on any atom is 0.245 e. The third-order valence-corrected chi connectivity index (χ3v) is 5.55. The van der Waals surface area contributed by atoms with Crippen LogP contribution in [0, 0.1) is 5.92 Å². The summed E-state index contributed by atoms with van der Waals surface area (Å²) >= 11 is 0. The minimum Gasteiger partial charge on any atom is -0.492 e. The van der Waals surface area contributed by atoms with Crippen LogP contribution in [0.25, 0.3) is 0 Å². The third-order valence-electron chi connectivity index (χ3n) is 5.55. The first kappa shape index (κ1) is 22.7. The zero-order valence-electron chi connectivity index (χ0n) is 18.7. The standard InChI is InChI=1S/C25H33N3O3/c1-4-31-22-13-9-8-12-21(22)27-14-16-28(17-15-27)25(30)24(19(2)3)26-23(29)18-20-10-6-5-7-11-20/h5-13,19,24H,4,14-18H2,1-3H3,(H,26,29)/t24-/m0/s1. The molecule has 6 nitrogen and oxygen atoms in total. The molecule has 1 aliphatic rings. The second kappa shape index (κ2) is 10.8. The molecule has 2 aromatic rings. The Morgan fingerprint density at radius 3 is 2.26 bits per heavy atom. The SMILES string of the molecule is CCOc1ccccc1N1CCN(C(=O)[C@@H](NC(=O)Cc2ccccc2)C(C)C)CC1. The Balaban J connectivity index is 1.59. The molecule has 2 amide bonds. The van der Waals surface area contributed by atoms with Crippen molar-refractivity contribution in [3.63, 3.8) is 0 Å². The first-order chi connectivity index (χ1) is 15.0. The van der Waals surface area contributed by atoms with Crippen LogP contribution in [0.5, 0.6) is 5.75 Å². The summed E-state index contributed by atoms with van der Waals surface area (Å²) in [4.78, 5) is 29.9. The van der Waals surface area contributed by atoms with Gasteiger partial charge in [-0.1, -0.05) is 56.3 Å². The zero-order chi connectivity index (χ0) is 22.2. The van der Waals surface area contributed by atoms with Gasteiger partial charge in [0, 0.05) is 26.2 Å². The fraction of sp³-hybridized carbons (Fsp3) is 0.440. The second-order valence-corrected chi connectivity index (χ2v) is 8.16. The van der Waals surface area contributed by atoms with Crippen LogP contribution >= 0.6 is 0 Å². The molecule has 1 saturated heterocycles. The molecular formula is C25H33N3O3. The van der Waals surface area contributed by atoms with Gasteiger partial charge in [0.25, 0.3) is 0 Å². The molecule has 1 heterocycles. The van der Waals surface area contributed by atoms with E-state index in [4.69, 9.17) is 4.74 Å². The number of rotatable bonds is 8. The maximum absolute atomic E-state index is 13.2. The third kappa shape index (κ3) is 6.00. The minimum absolute atomic E-state index is 0.00541. The van der Waals surface area contributed by atoms with E-state index < -0.39 is 6.04 Å². The number of anilines is 1. The van der Waals surface area contributed by atoms with Gasteiger partial charge in [-0.05, 0) is 30.5 Å². The zero-order valence-corrected chi connectivity index (χ0v) is 18.7. The Morgan fingerprint density at radius 2 is 1.61 bits per heavy atom. The van der Waals surface area contributed by atoms with E-state index in [2.05, 4.69) is 16.3 Å². The van der Waals surface area contributed by atoms with Crippen molar-refractivity contribution in [3.8, 4) is 5.75 Å². The van der Waals surface area contributed by atoms with Gasteiger partial charge in [-0.25, -0.2) is 0 Å². The molecule has 0 aliphatic carbocycles. The van der Waals surface area contributed by atoms with E-state index in [1.165, 1.54) is 0 Å². The van der Waals surface area contributed by atoms with E-state index in [0.29, 0.717) is 19.7 Å². The number of carbonyl (C=O) groups is 2. The molecule has 1 aliphatic heterocycles. The number of ether oxygens (including phenoxy) is 1. The van der Waals surface area contributed by atoms with Crippen molar-refractivity contribution in [2.75, 3.05) is 37.7 Å². The lowest BCUT2D eigenvalue weighted by Gasteiger charge is -2.38. The minimum atomic E-state index is -0.515. The van der Waals surface area contributed by atoms with Crippen LogP contribution in [-0.4, -0.2) is 55.5 Å². The first-order valence-electron chi connectivity index (χ1n) is 11.1. The summed E-state index contributed by atoms with van der Waals surface area (Å²) in [5, 5.41) is 2.97. The van der Waals surface area contributed by atoms with E-state index in [-0.39, 0.29) is 24.2 Å². The lowest BCUT2D eigenvalue weighted by molar-refractivity contribution is -0.137. The molecule has 6 heteroatoms. The number of hydrogen-bond donors (Lipinski definition) is 1. The second-order valence-electron chi connectivity index (χ2n) is 8.16. The summed E-state index contributed by atoms with van der Waals surface area (Å²) in [7, 11) is 0. The molecule has 166 valence electrons. The fourth-order valence-electron chi connectivity index (χ4n) is 3.88. The average Bonchev–Trinajstić information content (AvgIpc) is 2.78. The van der Waals surface area contributed by atoms with Gasteiger partial charge in [0.15, 0.2) is 0 Å². The van der Waals surface area contributed by atoms with Crippen LogP contribution in [0.4, 0.5) is 5.69 Å². The summed E-state index contributed by atoms with van der Waals surface area (Å²) in [5.41, 5.74) is 2.00. The predicted molar refractivity (Wildman–Crippen MR) is 123 cm³/mol. The van der Waals surface area contributed by atoms with Crippen molar-refractivity contribution in [1.82, 2.24) is 10.2 Å². The van der Waals surface area contributed by atoms with Crippen molar-refractivity contribution in [3.05, 3.63) is 60.2 Å². The molecule has 0 unspecified atom stereocenters. The Hall–Kier alpha value is -3.02. The first-order valence-corrected chi connectivity index (χ1v) is 11.1. The fourth-order valence-corrected chi connectivity index (χ4v) is 3.88. The average molecular weight is 424 g/mol. The van der Waals surface area contributed by atoms with E-state index >= 15 is 0 Å². The van der Waals surface area contributed by atoms with Crippen molar-refractivity contribution in [1.29, 1.82) is 0 Å². The molecule has 1 atom stereocenters. The summed E-state index contributed by atoms with van der Waals surface area (Å²) in [6, 6.07) is 17.1. The number of carbonyl (C=O) groups excluding carboxylic acids is 2. The number of piperazine rings is 1. The Morgan fingerprint density at radius 1 is 0.968 bits per heavy atom. The van der Waals surface area contributed by atoms with Crippen LogP contribution in [-0.2, 0) is 16.0 Å². The van der Waals surface area contributed by atoms with Gasteiger partial charge in [0.05, 0.1) is 18.7 Å². The highest BCUT2D eigenvalue weighted by Crippen LogP contribution is 2.29. The highest BCUT2D eigenvalue weighted by Gasteiger charge is 2.31. The number of nitrogens with zero attached hydrogens (tertiary/aromatic N) is 2. The van der Waals surface area contributed by atoms with E-state index in [9.17, 15) is 9.59 Å². The van der Waals surface area contributed by atoms with Crippen LogP contribution in [0.15, 0.2) is 54.6 Å². The Labute approximate surface area is 185 Å². The van der Waals surface area contributed by atoms with Crippen LogP contribution in [0.3, 0.4) is 0 Å². The number of amides is 2. The van der Waals surface area contributed by atoms with Gasteiger partial charge in [-0.3, -0.25) is 9.59 Å². The molecule has 31 heavy (non-hydrogen) atoms. The largest absolute Gasteiger partial charge is 0.492 e. The van der Waals surface area contributed by atoms with Crippen LogP contribution in [0.1, 0.15) is 26.3 Å². The van der Waals surface area contributed by atoms with E-state index in [1.54, 1.807) is 0 Å². The van der Waals surface area contributed by atoms with Gasteiger partial charge < -0.3 is 19.9 Å². The normalized spacial score (nSPS) is 15.0. The molecule has 0 radical (unpaired) electrons. The number of nitrogens with one attached hydrogen (secondary N) is 1. The lowest BCUT2D eigenvalue weighted by atomic mass is 10.0. The number of para-hydroxylation sites is 2. The molecule has 1 fully saturated rings. The Bertz CT molecular complexity index is 861. The summed E-state index contributed by atoms with van der Waals surface area (Å²) in [6.07, 6.45) is 0.277. The van der Waals surface area contributed by atoms with Gasteiger partial charge in [-0.2, -0.15) is 0 Å². The highest BCUT2D eigenvalue weighted by atomic mass is 16.5. The number of benzene rings is 2. The van der Waals surface area contributed by atoms with E-state index in [1.807, 2.05) is 74.2 Å². The van der Waals surface area contributed by atoms with Crippen molar-refractivity contribution in [2.45, 2.75) is 33.2 Å². The van der Waals surface area contributed by atoms with Gasteiger partial charge >= 0.3 is 0 Å². The number of hydrogen-bond acceptors (Lipinski definition) is 4. The Kier molecular flexibility index (Phi) is 7.93. The lowest BCUT2D eigenvalue weighted by Crippen LogP contribution is -2.56. The molecular weight excluding hydrogens is 390 g/mol. The molecule has 0 spiro atoms. The van der Waals surface area contributed by atoms with Gasteiger partial charge in [-0.15, -0.1) is 0 Å². The predicted octanol–water partition coefficient (Wildman–Crippen LogP) is 3.12. The molecule has 1 N–H and O–H groups in total. The summed E-state index contributed by atoms with van der Waals surface area (Å²) in [5.74, 6) is 0.763. The summed E-state index contributed by atoms with van der Waals surface area (Å²) in [6.45, 7) is 9.25. The van der Waals surface area contributed by atoms with Gasteiger partial charge in [0.1, 0.15) is 11.8 Å². The van der Waals surface area contributed by atoms with Crippen molar-refractivity contribution < 1.29 is 14.3 Å². The topological polar surface area (TPSA) is 61.9 Å². The smallest absolute Gasteiger partial charge is 0.245 e. The van der Waals surface area contributed by atoms with Crippen LogP contribution < -0.4 is 15.0 Å². The molecule has 2 aromatic carbocycles.